The number of hydrogen-bond acceptors (Lipinski definition) is 6. The van der Waals surface area contributed by atoms with Crippen LogP contribution in [0.4, 0.5) is 5.69 Å². The molecule has 30 heavy (non-hydrogen) atoms. The van der Waals surface area contributed by atoms with E-state index in [1.165, 1.54) is 7.11 Å². The van der Waals surface area contributed by atoms with Crippen LogP contribution in [-0.4, -0.2) is 55.5 Å². The van der Waals surface area contributed by atoms with Gasteiger partial charge < -0.3 is 19.8 Å². The monoisotopic (exact) mass is 413 g/mol. The minimum atomic E-state index is -0.445. The van der Waals surface area contributed by atoms with Gasteiger partial charge >= 0.3 is 5.97 Å². The Morgan fingerprint density at radius 1 is 1.13 bits per heavy atom. The fraction of sp³-hybridized carbons (Fsp3) is 0.409. The zero-order valence-corrected chi connectivity index (χ0v) is 17.5. The molecule has 8 heteroatoms. The SMILES string of the molecule is COC(=O)c1ccc(C)c(NC(=O)CN2CCC(NC(=O)c3ccc(C)o3)CC2)c1. The molecule has 0 bridgehead atoms. The molecule has 0 radical (unpaired) electrons. The average molecular weight is 413 g/mol. The van der Waals surface area contributed by atoms with Gasteiger partial charge in [-0.05, 0) is 56.5 Å². The Balaban J connectivity index is 1.47. The predicted molar refractivity (Wildman–Crippen MR) is 112 cm³/mol. The highest BCUT2D eigenvalue weighted by Gasteiger charge is 2.23. The number of anilines is 1. The van der Waals surface area contributed by atoms with Crippen molar-refractivity contribution in [2.24, 2.45) is 0 Å². The molecule has 0 saturated carbocycles. The molecule has 0 spiro atoms. The summed E-state index contributed by atoms with van der Waals surface area (Å²) in [4.78, 5) is 38.4. The number of piperidine rings is 1. The zero-order chi connectivity index (χ0) is 21.7. The Bertz CT molecular complexity index is 929. The van der Waals surface area contributed by atoms with E-state index in [1.54, 1.807) is 37.3 Å². The lowest BCUT2D eigenvalue weighted by atomic mass is 10.0. The molecule has 8 nitrogen and oxygen atoms in total. The zero-order valence-electron chi connectivity index (χ0n) is 17.5. The number of nitrogens with zero attached hydrogens (tertiary/aromatic N) is 1. The molecule has 160 valence electrons. The van der Waals surface area contributed by atoms with Gasteiger partial charge in [0.05, 0.1) is 19.2 Å². The van der Waals surface area contributed by atoms with Gasteiger partial charge in [0.2, 0.25) is 5.91 Å². The molecular weight excluding hydrogens is 386 g/mol. The van der Waals surface area contributed by atoms with Crippen LogP contribution in [0, 0.1) is 13.8 Å². The van der Waals surface area contributed by atoms with Gasteiger partial charge in [0.25, 0.3) is 5.91 Å². The van der Waals surface area contributed by atoms with E-state index in [2.05, 4.69) is 15.5 Å². The molecule has 1 aliphatic heterocycles. The smallest absolute Gasteiger partial charge is 0.337 e. The number of amides is 2. The molecule has 2 aromatic rings. The number of ether oxygens (including phenoxy) is 1. The molecule has 3 rings (SSSR count). The summed E-state index contributed by atoms with van der Waals surface area (Å²) in [5, 5.41) is 5.86. The molecule has 1 aromatic heterocycles. The standard InChI is InChI=1S/C22H27N3O5/c1-14-4-6-16(22(28)29-3)12-18(14)24-20(26)13-25-10-8-17(9-11-25)23-21(27)19-7-5-15(2)30-19/h4-7,12,17H,8-11,13H2,1-3H3,(H,23,27)(H,24,26). The minimum absolute atomic E-state index is 0.0567. The lowest BCUT2D eigenvalue weighted by Crippen LogP contribution is -2.46. The second-order valence-electron chi connectivity index (χ2n) is 7.50. The van der Waals surface area contributed by atoms with Crippen LogP contribution in [-0.2, 0) is 9.53 Å². The van der Waals surface area contributed by atoms with Crippen molar-refractivity contribution in [1.82, 2.24) is 10.2 Å². The fourth-order valence-corrected chi connectivity index (χ4v) is 3.44. The molecule has 1 aromatic carbocycles. The van der Waals surface area contributed by atoms with Crippen LogP contribution in [0.5, 0.6) is 0 Å². The summed E-state index contributed by atoms with van der Waals surface area (Å²) in [5.41, 5.74) is 1.85. The molecular formula is C22H27N3O5. The van der Waals surface area contributed by atoms with E-state index < -0.39 is 5.97 Å². The first-order valence-electron chi connectivity index (χ1n) is 9.94. The largest absolute Gasteiger partial charge is 0.465 e. The van der Waals surface area contributed by atoms with Gasteiger partial charge in [0.1, 0.15) is 5.76 Å². The number of methoxy groups -OCH3 is 1. The molecule has 0 aliphatic carbocycles. The topological polar surface area (TPSA) is 101 Å². The summed E-state index contributed by atoms with van der Waals surface area (Å²) in [6.07, 6.45) is 1.52. The van der Waals surface area contributed by atoms with Crippen molar-refractivity contribution in [2.45, 2.75) is 32.7 Å². The Hall–Kier alpha value is -3.13. The van der Waals surface area contributed by atoms with Gasteiger partial charge in [-0.2, -0.15) is 0 Å². The molecule has 1 saturated heterocycles. The van der Waals surface area contributed by atoms with Crippen LogP contribution < -0.4 is 10.6 Å². The number of hydrogen-bond donors (Lipinski definition) is 2. The fourth-order valence-electron chi connectivity index (χ4n) is 3.44. The number of carbonyl (C=O) groups excluding carboxylic acids is 3. The number of benzene rings is 1. The third-order valence-electron chi connectivity index (χ3n) is 5.19. The molecule has 2 N–H and O–H groups in total. The predicted octanol–water partition coefficient (Wildman–Crippen LogP) is 2.52. The maximum atomic E-state index is 12.5. The van der Waals surface area contributed by atoms with E-state index in [4.69, 9.17) is 9.15 Å². The average Bonchev–Trinajstić information content (AvgIpc) is 3.17. The Morgan fingerprint density at radius 2 is 1.87 bits per heavy atom. The second kappa shape index (κ2) is 9.58. The van der Waals surface area contributed by atoms with Gasteiger partial charge in [-0.1, -0.05) is 6.07 Å². The summed E-state index contributed by atoms with van der Waals surface area (Å²) in [6, 6.07) is 8.55. The quantitative estimate of drug-likeness (QED) is 0.706. The highest BCUT2D eigenvalue weighted by molar-refractivity contribution is 5.96. The summed E-state index contributed by atoms with van der Waals surface area (Å²) >= 11 is 0. The van der Waals surface area contributed by atoms with Crippen molar-refractivity contribution in [2.75, 3.05) is 32.1 Å². The van der Waals surface area contributed by atoms with E-state index in [-0.39, 0.29) is 24.4 Å². The Labute approximate surface area is 175 Å². The number of furan rings is 1. The molecule has 1 fully saturated rings. The normalized spacial score (nSPS) is 14.9. The Kier molecular flexibility index (Phi) is 6.89. The van der Waals surface area contributed by atoms with Gasteiger partial charge in [-0.25, -0.2) is 4.79 Å². The van der Waals surface area contributed by atoms with Gasteiger partial charge in [0, 0.05) is 24.8 Å². The van der Waals surface area contributed by atoms with Crippen LogP contribution in [0.25, 0.3) is 0 Å². The van der Waals surface area contributed by atoms with E-state index in [1.807, 2.05) is 6.92 Å². The third kappa shape index (κ3) is 5.48. The maximum absolute atomic E-state index is 12.5. The van der Waals surface area contributed by atoms with E-state index in [9.17, 15) is 14.4 Å². The van der Waals surface area contributed by atoms with E-state index in [0.29, 0.717) is 35.9 Å². The molecule has 2 amide bonds. The summed E-state index contributed by atoms with van der Waals surface area (Å²) in [7, 11) is 1.32. The van der Waals surface area contributed by atoms with Crippen LogP contribution >= 0.6 is 0 Å². The van der Waals surface area contributed by atoms with Crippen molar-refractivity contribution in [1.29, 1.82) is 0 Å². The summed E-state index contributed by atoms with van der Waals surface area (Å²) in [5.74, 6) is 0.223. The minimum Gasteiger partial charge on any atom is -0.465 e. The van der Waals surface area contributed by atoms with Crippen molar-refractivity contribution < 1.29 is 23.5 Å². The number of carbonyl (C=O) groups is 3. The molecule has 0 atom stereocenters. The molecule has 0 unspecified atom stereocenters. The van der Waals surface area contributed by atoms with Crippen molar-refractivity contribution in [3.63, 3.8) is 0 Å². The first kappa shape index (κ1) is 21.6. The first-order chi connectivity index (χ1) is 14.4. The maximum Gasteiger partial charge on any atom is 0.337 e. The van der Waals surface area contributed by atoms with Crippen molar-refractivity contribution in [3.8, 4) is 0 Å². The van der Waals surface area contributed by atoms with E-state index >= 15 is 0 Å². The molecule has 2 heterocycles. The van der Waals surface area contributed by atoms with E-state index in [0.717, 1.165) is 18.4 Å². The van der Waals surface area contributed by atoms with Crippen molar-refractivity contribution >= 4 is 23.5 Å². The lowest BCUT2D eigenvalue weighted by molar-refractivity contribution is -0.117. The lowest BCUT2D eigenvalue weighted by Gasteiger charge is -2.31. The number of esters is 1. The second-order valence-corrected chi connectivity index (χ2v) is 7.50. The third-order valence-corrected chi connectivity index (χ3v) is 5.19. The summed E-state index contributed by atoms with van der Waals surface area (Å²) in [6.45, 7) is 5.33. The van der Waals surface area contributed by atoms with Crippen LogP contribution in [0.1, 0.15) is 45.1 Å². The highest BCUT2D eigenvalue weighted by Crippen LogP contribution is 2.18. The van der Waals surface area contributed by atoms with Crippen LogP contribution in [0.2, 0.25) is 0 Å². The first-order valence-corrected chi connectivity index (χ1v) is 9.94. The number of rotatable bonds is 6. The van der Waals surface area contributed by atoms with Gasteiger partial charge in [-0.3, -0.25) is 14.5 Å². The number of likely N-dealkylation sites (tertiary alicyclic amines) is 1. The van der Waals surface area contributed by atoms with Gasteiger partial charge in [-0.15, -0.1) is 0 Å². The number of aryl methyl sites for hydroxylation is 2. The van der Waals surface area contributed by atoms with Crippen molar-refractivity contribution in [3.05, 3.63) is 53.0 Å². The van der Waals surface area contributed by atoms with Crippen LogP contribution in [0.3, 0.4) is 0 Å². The highest BCUT2D eigenvalue weighted by atomic mass is 16.5. The summed E-state index contributed by atoms with van der Waals surface area (Å²) < 4.78 is 10.1. The van der Waals surface area contributed by atoms with Gasteiger partial charge in [0.15, 0.2) is 5.76 Å². The Morgan fingerprint density at radius 3 is 2.50 bits per heavy atom. The number of nitrogens with one attached hydrogen (secondary N) is 2. The molecule has 1 aliphatic rings. The van der Waals surface area contributed by atoms with Crippen LogP contribution in [0.15, 0.2) is 34.7 Å².